The van der Waals surface area contributed by atoms with Crippen LogP contribution in [0.5, 0.6) is 0 Å². The van der Waals surface area contributed by atoms with Crippen molar-refractivity contribution in [3.05, 3.63) is 75.3 Å². The largest absolute Gasteiger partial charge is 0.323 e. The van der Waals surface area contributed by atoms with Crippen molar-refractivity contribution in [3.8, 4) is 0 Å². The molecule has 25 heavy (non-hydrogen) atoms. The minimum atomic E-state index is -0.473. The maximum absolute atomic E-state index is 12.0. The van der Waals surface area contributed by atoms with Crippen LogP contribution in [0.2, 0.25) is 0 Å². The van der Waals surface area contributed by atoms with Crippen LogP contribution in [-0.4, -0.2) is 29.3 Å². The van der Waals surface area contributed by atoms with Gasteiger partial charge in [0.05, 0.1) is 4.92 Å². The fourth-order valence-corrected chi connectivity index (χ4v) is 2.84. The molecule has 0 saturated heterocycles. The van der Waals surface area contributed by atoms with Gasteiger partial charge in [-0.3, -0.25) is 14.9 Å². The molecule has 3 rings (SSSR count). The summed E-state index contributed by atoms with van der Waals surface area (Å²) in [4.78, 5) is 24.4. The molecule has 128 valence electrons. The quantitative estimate of drug-likeness (QED) is 0.528. The van der Waals surface area contributed by atoms with E-state index in [1.165, 1.54) is 41.5 Å². The highest BCUT2D eigenvalue weighted by atomic mass is 16.6. The third-order valence-corrected chi connectivity index (χ3v) is 4.21. The molecular weight excluding hydrogens is 318 g/mol. The van der Waals surface area contributed by atoms with Crippen LogP contribution in [0.25, 0.3) is 6.08 Å². The van der Waals surface area contributed by atoms with Crippen molar-refractivity contribution in [2.75, 3.05) is 18.9 Å². The molecule has 0 saturated carbocycles. The van der Waals surface area contributed by atoms with E-state index >= 15 is 0 Å². The van der Waals surface area contributed by atoms with Crippen LogP contribution < -0.4 is 5.32 Å². The van der Waals surface area contributed by atoms with Gasteiger partial charge in [0, 0.05) is 37.0 Å². The number of nitro groups is 1. The van der Waals surface area contributed by atoms with Crippen LogP contribution in [0.15, 0.2) is 48.5 Å². The fourth-order valence-electron chi connectivity index (χ4n) is 2.84. The normalized spacial score (nSPS) is 14.3. The molecule has 2 aromatic carbocycles. The zero-order chi connectivity index (χ0) is 17.8. The van der Waals surface area contributed by atoms with E-state index in [1.807, 2.05) is 6.07 Å². The summed E-state index contributed by atoms with van der Waals surface area (Å²) in [6, 6.07) is 12.0. The molecule has 1 N–H and O–H groups in total. The summed E-state index contributed by atoms with van der Waals surface area (Å²) in [6.45, 7) is 1.99. The Labute approximate surface area is 145 Å². The number of amides is 1. The molecule has 0 bridgehead atoms. The maximum atomic E-state index is 12.0. The second kappa shape index (κ2) is 7.27. The van der Waals surface area contributed by atoms with Crippen molar-refractivity contribution in [1.82, 2.24) is 4.90 Å². The zero-order valence-corrected chi connectivity index (χ0v) is 13.9. The van der Waals surface area contributed by atoms with Gasteiger partial charge in [0.1, 0.15) is 0 Å². The number of non-ortho nitro benzene ring substituents is 1. The van der Waals surface area contributed by atoms with E-state index in [9.17, 15) is 14.9 Å². The Morgan fingerprint density at radius 1 is 1.20 bits per heavy atom. The molecule has 0 aliphatic carbocycles. The predicted octanol–water partition coefficient (Wildman–Crippen LogP) is 3.23. The van der Waals surface area contributed by atoms with Crippen molar-refractivity contribution in [1.29, 1.82) is 0 Å². The van der Waals surface area contributed by atoms with Crippen molar-refractivity contribution in [3.63, 3.8) is 0 Å². The first-order chi connectivity index (χ1) is 12.0. The fraction of sp³-hybridized carbons (Fsp3) is 0.211. The molecule has 1 aliphatic heterocycles. The third kappa shape index (κ3) is 4.30. The van der Waals surface area contributed by atoms with Gasteiger partial charge in [-0.2, -0.15) is 0 Å². The highest BCUT2D eigenvalue weighted by Gasteiger charge is 2.12. The maximum Gasteiger partial charge on any atom is 0.269 e. The van der Waals surface area contributed by atoms with E-state index < -0.39 is 4.92 Å². The number of carbonyl (C=O) groups excluding carboxylic acids is 1. The number of nitrogens with zero attached hydrogens (tertiary/aromatic N) is 2. The predicted molar refractivity (Wildman–Crippen MR) is 97.2 cm³/mol. The molecule has 1 amide bonds. The van der Waals surface area contributed by atoms with Crippen LogP contribution in [0.1, 0.15) is 16.7 Å². The van der Waals surface area contributed by atoms with E-state index in [-0.39, 0.29) is 11.6 Å². The molecule has 0 unspecified atom stereocenters. The first kappa shape index (κ1) is 16.9. The first-order valence-electron chi connectivity index (χ1n) is 8.05. The molecule has 6 heteroatoms. The molecule has 0 fully saturated rings. The lowest BCUT2D eigenvalue weighted by atomic mass is 9.97. The summed E-state index contributed by atoms with van der Waals surface area (Å²) in [5.74, 6) is -0.274. The molecule has 0 aromatic heterocycles. The zero-order valence-electron chi connectivity index (χ0n) is 13.9. The molecule has 0 radical (unpaired) electrons. The average molecular weight is 337 g/mol. The molecule has 0 spiro atoms. The Bertz CT molecular complexity index is 828. The summed E-state index contributed by atoms with van der Waals surface area (Å²) in [7, 11) is 2.10. The van der Waals surface area contributed by atoms with Crippen LogP contribution >= 0.6 is 0 Å². The standard InChI is InChI=1S/C19H19N3O3/c1-21-11-10-15-4-2-14(12-16(15)13-21)3-9-19(23)20-17-5-7-18(8-6-17)22(24)25/h2-9,12H,10-11,13H2,1H3,(H,20,23)/b9-3+. The number of nitrogens with one attached hydrogen (secondary N) is 1. The topological polar surface area (TPSA) is 75.5 Å². The molecule has 0 atom stereocenters. The highest BCUT2D eigenvalue weighted by molar-refractivity contribution is 6.01. The van der Waals surface area contributed by atoms with Gasteiger partial charge < -0.3 is 10.2 Å². The number of hydrogen-bond acceptors (Lipinski definition) is 4. The van der Waals surface area contributed by atoms with E-state index in [1.54, 1.807) is 6.08 Å². The van der Waals surface area contributed by atoms with Gasteiger partial charge in [-0.05, 0) is 48.4 Å². The number of fused-ring (bicyclic) bond motifs is 1. The van der Waals surface area contributed by atoms with E-state index in [0.717, 1.165) is 25.1 Å². The van der Waals surface area contributed by atoms with Crippen LogP contribution in [0, 0.1) is 10.1 Å². The molecule has 6 nitrogen and oxygen atoms in total. The van der Waals surface area contributed by atoms with Gasteiger partial charge >= 0.3 is 0 Å². The number of likely N-dealkylation sites (N-methyl/N-ethyl adjacent to an activating group) is 1. The van der Waals surface area contributed by atoms with E-state index in [4.69, 9.17) is 0 Å². The summed E-state index contributed by atoms with van der Waals surface area (Å²) < 4.78 is 0. The van der Waals surface area contributed by atoms with Gasteiger partial charge in [0.15, 0.2) is 0 Å². The summed E-state index contributed by atoms with van der Waals surface area (Å²) in [5.41, 5.74) is 4.16. The Hall–Kier alpha value is -2.99. The Morgan fingerprint density at radius 2 is 1.96 bits per heavy atom. The summed E-state index contributed by atoms with van der Waals surface area (Å²) in [5, 5.41) is 13.3. The van der Waals surface area contributed by atoms with E-state index in [0.29, 0.717) is 5.69 Å². The van der Waals surface area contributed by atoms with E-state index in [2.05, 4.69) is 29.4 Å². The number of hydrogen-bond donors (Lipinski definition) is 1. The van der Waals surface area contributed by atoms with Crippen molar-refractivity contribution in [2.24, 2.45) is 0 Å². The summed E-state index contributed by atoms with van der Waals surface area (Å²) in [6.07, 6.45) is 4.29. The van der Waals surface area contributed by atoms with Gasteiger partial charge in [-0.25, -0.2) is 0 Å². The lowest BCUT2D eigenvalue weighted by Gasteiger charge is -2.25. The Balaban J connectivity index is 1.64. The van der Waals surface area contributed by atoms with Gasteiger partial charge in [0.25, 0.3) is 5.69 Å². The minimum absolute atomic E-state index is 0.00688. The van der Waals surface area contributed by atoms with Crippen molar-refractivity contribution < 1.29 is 9.72 Å². The SMILES string of the molecule is CN1CCc2ccc(/C=C/C(=O)Nc3ccc([N+](=O)[O-])cc3)cc2C1. The number of rotatable bonds is 4. The lowest BCUT2D eigenvalue weighted by molar-refractivity contribution is -0.384. The molecule has 1 heterocycles. The number of benzene rings is 2. The van der Waals surface area contributed by atoms with Gasteiger partial charge in [-0.1, -0.05) is 18.2 Å². The second-order valence-corrected chi connectivity index (χ2v) is 6.14. The number of nitro benzene ring substituents is 1. The molecule has 2 aromatic rings. The van der Waals surface area contributed by atoms with Crippen molar-refractivity contribution >= 4 is 23.4 Å². The minimum Gasteiger partial charge on any atom is -0.323 e. The smallest absolute Gasteiger partial charge is 0.269 e. The Morgan fingerprint density at radius 3 is 2.68 bits per heavy atom. The highest BCUT2D eigenvalue weighted by Crippen LogP contribution is 2.20. The van der Waals surface area contributed by atoms with Crippen molar-refractivity contribution in [2.45, 2.75) is 13.0 Å². The van der Waals surface area contributed by atoms with Crippen LogP contribution in [0.3, 0.4) is 0 Å². The average Bonchev–Trinajstić information content (AvgIpc) is 2.60. The Kier molecular flexibility index (Phi) is 4.90. The van der Waals surface area contributed by atoms with Crippen LogP contribution in [-0.2, 0) is 17.8 Å². The molecular formula is C19H19N3O3. The lowest BCUT2D eigenvalue weighted by Crippen LogP contribution is -2.26. The monoisotopic (exact) mass is 337 g/mol. The second-order valence-electron chi connectivity index (χ2n) is 6.14. The first-order valence-corrected chi connectivity index (χ1v) is 8.05. The number of carbonyl (C=O) groups is 1. The van der Waals surface area contributed by atoms with Gasteiger partial charge in [-0.15, -0.1) is 0 Å². The van der Waals surface area contributed by atoms with Gasteiger partial charge in [0.2, 0.25) is 5.91 Å². The third-order valence-electron chi connectivity index (χ3n) is 4.21. The summed E-state index contributed by atoms with van der Waals surface area (Å²) >= 11 is 0. The van der Waals surface area contributed by atoms with Crippen LogP contribution in [0.4, 0.5) is 11.4 Å². The number of anilines is 1. The molecule has 1 aliphatic rings.